The minimum atomic E-state index is -2.81. The SMILES string of the molecule is CCCCN1Cc2ccccc2[Si](Oc2ccccc2)(c2ccccc2)c2ccccc2C1. The van der Waals surface area contributed by atoms with Crippen LogP contribution in [0.1, 0.15) is 30.9 Å². The molecule has 0 aromatic heterocycles. The Hall–Kier alpha value is -3.14. The van der Waals surface area contributed by atoms with Crippen LogP contribution in [0.4, 0.5) is 0 Å². The Morgan fingerprint density at radius 2 is 1.18 bits per heavy atom. The van der Waals surface area contributed by atoms with Crippen LogP contribution in [-0.4, -0.2) is 19.8 Å². The monoisotopic (exact) mass is 449 g/mol. The van der Waals surface area contributed by atoms with Gasteiger partial charge in [-0.05, 0) is 51.8 Å². The van der Waals surface area contributed by atoms with E-state index in [0.29, 0.717) is 0 Å². The predicted molar refractivity (Wildman–Crippen MR) is 140 cm³/mol. The summed E-state index contributed by atoms with van der Waals surface area (Å²) in [5.41, 5.74) is 2.77. The molecule has 0 unspecified atom stereocenters. The molecule has 1 aliphatic heterocycles. The molecule has 1 aliphatic rings. The summed E-state index contributed by atoms with van der Waals surface area (Å²) in [7, 11) is -2.81. The normalized spacial score (nSPS) is 15.1. The van der Waals surface area contributed by atoms with Crippen LogP contribution in [0, 0.1) is 0 Å². The van der Waals surface area contributed by atoms with Crippen LogP contribution in [-0.2, 0) is 13.1 Å². The van der Waals surface area contributed by atoms with Crippen molar-refractivity contribution in [2.45, 2.75) is 32.9 Å². The number of para-hydroxylation sites is 1. The zero-order valence-corrected chi connectivity index (χ0v) is 20.3. The third kappa shape index (κ3) is 4.27. The topological polar surface area (TPSA) is 12.5 Å². The first kappa shape index (κ1) is 21.7. The summed E-state index contributed by atoms with van der Waals surface area (Å²) >= 11 is 0. The van der Waals surface area contributed by atoms with E-state index < -0.39 is 8.32 Å². The van der Waals surface area contributed by atoms with Gasteiger partial charge >= 0.3 is 8.32 Å². The Kier molecular flexibility index (Phi) is 6.43. The highest BCUT2D eigenvalue weighted by molar-refractivity contribution is 7.08. The first-order valence-electron chi connectivity index (χ1n) is 12.0. The first-order chi connectivity index (χ1) is 16.3. The summed E-state index contributed by atoms with van der Waals surface area (Å²) in [6.07, 6.45) is 2.42. The molecular formula is C30H31NOSi. The van der Waals surface area contributed by atoms with Crippen LogP contribution in [0.3, 0.4) is 0 Å². The molecule has 0 saturated carbocycles. The molecule has 0 saturated heterocycles. The van der Waals surface area contributed by atoms with Crippen molar-refractivity contribution in [3.63, 3.8) is 0 Å². The lowest BCUT2D eigenvalue weighted by Gasteiger charge is -2.39. The van der Waals surface area contributed by atoms with Gasteiger partial charge in [-0.3, -0.25) is 4.90 Å². The number of nitrogens with zero attached hydrogens (tertiary/aromatic N) is 1. The largest absolute Gasteiger partial charge is 0.530 e. The van der Waals surface area contributed by atoms with Crippen molar-refractivity contribution >= 4 is 23.9 Å². The van der Waals surface area contributed by atoms with Gasteiger partial charge in [0.2, 0.25) is 0 Å². The zero-order valence-electron chi connectivity index (χ0n) is 19.3. The van der Waals surface area contributed by atoms with E-state index in [-0.39, 0.29) is 0 Å². The van der Waals surface area contributed by atoms with Crippen molar-refractivity contribution in [2.24, 2.45) is 0 Å². The third-order valence-electron chi connectivity index (χ3n) is 6.60. The molecule has 1 heterocycles. The first-order valence-corrected chi connectivity index (χ1v) is 13.9. The summed E-state index contributed by atoms with van der Waals surface area (Å²) in [5, 5.41) is 4.00. The van der Waals surface area contributed by atoms with Gasteiger partial charge in [-0.2, -0.15) is 0 Å². The van der Waals surface area contributed by atoms with Crippen LogP contribution in [0.25, 0.3) is 0 Å². The van der Waals surface area contributed by atoms with Crippen LogP contribution < -0.4 is 20.0 Å². The highest BCUT2D eigenvalue weighted by Crippen LogP contribution is 2.23. The van der Waals surface area contributed by atoms with E-state index in [9.17, 15) is 0 Å². The minimum Gasteiger partial charge on any atom is -0.530 e. The number of rotatable bonds is 6. The van der Waals surface area contributed by atoms with E-state index in [2.05, 4.69) is 121 Å². The van der Waals surface area contributed by atoms with Crippen LogP contribution in [0.15, 0.2) is 109 Å². The molecule has 0 amide bonds. The van der Waals surface area contributed by atoms with E-state index in [1.54, 1.807) is 0 Å². The highest BCUT2D eigenvalue weighted by Gasteiger charge is 2.47. The Morgan fingerprint density at radius 1 is 0.667 bits per heavy atom. The fraction of sp³-hybridized carbons (Fsp3) is 0.200. The maximum absolute atomic E-state index is 7.25. The minimum absolute atomic E-state index is 0.932. The number of hydrogen-bond acceptors (Lipinski definition) is 2. The Labute approximate surface area is 198 Å². The average Bonchev–Trinajstić information content (AvgIpc) is 2.87. The number of hydrogen-bond donors (Lipinski definition) is 0. The standard InChI is InChI=1S/C30H31NOSi/c1-2-3-22-31-23-25-14-10-12-20-29(25)33(28-18-8-5-9-19-28,32-27-16-6-4-7-17-27)30-21-13-11-15-26(30)24-31/h4-21H,2-3,22-24H2,1H3. The number of unbranched alkanes of at least 4 members (excludes halogenated alkanes) is 1. The van der Waals surface area contributed by atoms with Gasteiger partial charge in [0.15, 0.2) is 0 Å². The Balaban J connectivity index is 1.80. The fourth-order valence-corrected chi connectivity index (χ4v) is 9.34. The van der Waals surface area contributed by atoms with Crippen molar-refractivity contribution < 1.29 is 4.43 Å². The quantitative estimate of drug-likeness (QED) is 0.390. The van der Waals surface area contributed by atoms with Crippen molar-refractivity contribution in [2.75, 3.05) is 6.54 Å². The van der Waals surface area contributed by atoms with Crippen LogP contribution >= 0.6 is 0 Å². The molecule has 0 N–H and O–H groups in total. The molecule has 4 aromatic rings. The van der Waals surface area contributed by atoms with Gasteiger partial charge in [0.1, 0.15) is 5.75 Å². The molecule has 0 aliphatic carbocycles. The lowest BCUT2D eigenvalue weighted by atomic mass is 10.1. The summed E-state index contributed by atoms with van der Waals surface area (Å²) in [4.78, 5) is 2.60. The van der Waals surface area contributed by atoms with Gasteiger partial charge in [-0.25, -0.2) is 0 Å². The Morgan fingerprint density at radius 3 is 1.76 bits per heavy atom. The van der Waals surface area contributed by atoms with Crippen LogP contribution in [0.2, 0.25) is 0 Å². The van der Waals surface area contributed by atoms with E-state index in [1.807, 2.05) is 0 Å². The predicted octanol–water partition coefficient (Wildman–Crippen LogP) is 4.85. The van der Waals surface area contributed by atoms with Gasteiger partial charge in [0.05, 0.1) is 0 Å². The van der Waals surface area contributed by atoms with Gasteiger partial charge < -0.3 is 4.43 Å². The lowest BCUT2D eigenvalue weighted by molar-refractivity contribution is 0.253. The van der Waals surface area contributed by atoms with Gasteiger partial charge in [-0.15, -0.1) is 0 Å². The van der Waals surface area contributed by atoms with Gasteiger partial charge in [0, 0.05) is 13.1 Å². The third-order valence-corrected chi connectivity index (χ3v) is 10.8. The van der Waals surface area contributed by atoms with E-state index >= 15 is 0 Å². The summed E-state index contributed by atoms with van der Waals surface area (Å²) in [6.45, 7) is 5.28. The molecular weight excluding hydrogens is 418 g/mol. The highest BCUT2D eigenvalue weighted by atomic mass is 28.4. The summed E-state index contributed by atoms with van der Waals surface area (Å²) in [6, 6.07) is 39.2. The van der Waals surface area contributed by atoms with E-state index in [1.165, 1.54) is 39.5 Å². The van der Waals surface area contributed by atoms with E-state index in [0.717, 1.165) is 25.4 Å². The number of fused-ring (bicyclic) bond motifs is 2. The van der Waals surface area contributed by atoms with Gasteiger partial charge in [-0.1, -0.05) is 110 Å². The fourth-order valence-electron chi connectivity index (χ4n) is 5.04. The second kappa shape index (κ2) is 9.78. The lowest BCUT2D eigenvalue weighted by Crippen LogP contribution is -2.73. The second-order valence-corrected chi connectivity index (χ2v) is 12.1. The smallest absolute Gasteiger partial charge is 0.347 e. The molecule has 0 radical (unpaired) electrons. The zero-order chi connectivity index (χ0) is 22.5. The molecule has 0 atom stereocenters. The molecule has 5 rings (SSSR count). The maximum Gasteiger partial charge on any atom is 0.347 e. The van der Waals surface area contributed by atoms with Crippen LogP contribution in [0.5, 0.6) is 5.75 Å². The molecule has 166 valence electrons. The second-order valence-electron chi connectivity index (χ2n) is 8.84. The molecule has 0 fully saturated rings. The van der Waals surface area contributed by atoms with E-state index in [4.69, 9.17) is 4.43 Å². The number of benzene rings is 4. The molecule has 4 aromatic carbocycles. The molecule has 0 bridgehead atoms. The maximum atomic E-state index is 7.25. The molecule has 0 spiro atoms. The van der Waals surface area contributed by atoms with Crippen molar-refractivity contribution in [3.8, 4) is 5.75 Å². The van der Waals surface area contributed by atoms with Crippen molar-refractivity contribution in [1.82, 2.24) is 4.90 Å². The molecule has 33 heavy (non-hydrogen) atoms. The summed E-state index contributed by atoms with van der Waals surface area (Å²) < 4.78 is 7.25. The molecule has 2 nitrogen and oxygen atoms in total. The average molecular weight is 450 g/mol. The van der Waals surface area contributed by atoms with Gasteiger partial charge in [0.25, 0.3) is 0 Å². The molecule has 3 heteroatoms. The summed E-state index contributed by atoms with van der Waals surface area (Å²) in [5.74, 6) is 0.932. The van der Waals surface area contributed by atoms with Crippen molar-refractivity contribution in [3.05, 3.63) is 120 Å². The van der Waals surface area contributed by atoms with Crippen molar-refractivity contribution in [1.29, 1.82) is 0 Å². The Bertz CT molecular complexity index is 1140.